The molecule has 1 aromatic carbocycles. The Morgan fingerprint density at radius 3 is 2.72 bits per heavy atom. The van der Waals surface area contributed by atoms with Crippen molar-refractivity contribution < 1.29 is 4.42 Å². The largest absolute Gasteiger partial charge is 0.423 e. The Morgan fingerprint density at radius 1 is 1.33 bits per heavy atom. The fourth-order valence-corrected chi connectivity index (χ4v) is 1.80. The van der Waals surface area contributed by atoms with Gasteiger partial charge in [-0.25, -0.2) is 4.79 Å². The van der Waals surface area contributed by atoms with Crippen LogP contribution in [0.2, 0.25) is 0 Å². The summed E-state index contributed by atoms with van der Waals surface area (Å²) in [5.74, 6) is 2.66. The average molecular weight is 241 g/mol. The molecule has 2 rings (SSSR count). The van der Waals surface area contributed by atoms with E-state index in [0.717, 1.165) is 16.6 Å². The minimum atomic E-state index is -0.447. The van der Waals surface area contributed by atoms with Gasteiger partial charge in [-0.1, -0.05) is 5.92 Å². The van der Waals surface area contributed by atoms with Gasteiger partial charge in [0.05, 0.1) is 5.54 Å². The highest BCUT2D eigenvalue weighted by Gasteiger charge is 2.13. The van der Waals surface area contributed by atoms with Gasteiger partial charge in [0.25, 0.3) is 0 Å². The summed E-state index contributed by atoms with van der Waals surface area (Å²) in [5.41, 5.74) is 1.52. The molecule has 0 atom stereocenters. The minimum absolute atomic E-state index is 0.339. The lowest BCUT2D eigenvalue weighted by molar-refractivity contribution is 0.560. The van der Waals surface area contributed by atoms with Crippen molar-refractivity contribution >= 4 is 16.7 Å². The molecule has 0 bridgehead atoms. The first-order chi connectivity index (χ1) is 8.41. The summed E-state index contributed by atoms with van der Waals surface area (Å²) in [5, 5.41) is 4.13. The van der Waals surface area contributed by atoms with Gasteiger partial charge >= 0.3 is 5.63 Å². The maximum absolute atomic E-state index is 11.3. The first kappa shape index (κ1) is 12.3. The van der Waals surface area contributed by atoms with Gasteiger partial charge < -0.3 is 9.73 Å². The molecular formula is C15H15NO2. The van der Waals surface area contributed by atoms with Crippen LogP contribution in [0.1, 0.15) is 19.4 Å². The fourth-order valence-electron chi connectivity index (χ4n) is 1.80. The van der Waals surface area contributed by atoms with E-state index in [2.05, 4.69) is 11.2 Å². The molecule has 1 heterocycles. The molecule has 3 nitrogen and oxygen atoms in total. The van der Waals surface area contributed by atoms with Crippen LogP contribution in [0, 0.1) is 19.3 Å². The molecule has 2 aromatic rings. The maximum Gasteiger partial charge on any atom is 0.336 e. The molecule has 92 valence electrons. The van der Waals surface area contributed by atoms with Crippen LogP contribution in [-0.4, -0.2) is 5.54 Å². The first-order valence-electron chi connectivity index (χ1n) is 5.72. The Labute approximate surface area is 106 Å². The molecule has 0 spiro atoms. The summed E-state index contributed by atoms with van der Waals surface area (Å²) in [6.45, 7) is 5.70. The van der Waals surface area contributed by atoms with E-state index in [-0.39, 0.29) is 5.63 Å². The number of benzene rings is 1. The van der Waals surface area contributed by atoms with Crippen molar-refractivity contribution in [2.45, 2.75) is 26.3 Å². The molecule has 0 aliphatic carbocycles. The molecule has 18 heavy (non-hydrogen) atoms. The van der Waals surface area contributed by atoms with Gasteiger partial charge in [-0.15, -0.1) is 6.42 Å². The van der Waals surface area contributed by atoms with Crippen molar-refractivity contribution in [1.29, 1.82) is 0 Å². The lowest BCUT2D eigenvalue weighted by atomic mass is 10.1. The Kier molecular flexibility index (Phi) is 2.88. The molecule has 0 saturated heterocycles. The molecular weight excluding hydrogens is 226 g/mol. The quantitative estimate of drug-likeness (QED) is 0.649. The van der Waals surface area contributed by atoms with Crippen LogP contribution in [0.3, 0.4) is 0 Å². The highest BCUT2D eigenvalue weighted by molar-refractivity contribution is 5.83. The second-order valence-electron chi connectivity index (χ2n) is 4.85. The van der Waals surface area contributed by atoms with E-state index in [1.165, 1.54) is 6.07 Å². The van der Waals surface area contributed by atoms with Crippen LogP contribution < -0.4 is 10.9 Å². The van der Waals surface area contributed by atoms with Crippen LogP contribution >= 0.6 is 0 Å². The zero-order valence-electron chi connectivity index (χ0n) is 10.7. The van der Waals surface area contributed by atoms with E-state index < -0.39 is 5.54 Å². The molecule has 3 heteroatoms. The zero-order chi connectivity index (χ0) is 13.3. The summed E-state index contributed by atoms with van der Waals surface area (Å²) in [6, 6.07) is 7.13. The fraction of sp³-hybridized carbons (Fsp3) is 0.267. The molecule has 0 radical (unpaired) electrons. The molecule has 0 unspecified atom stereocenters. The van der Waals surface area contributed by atoms with E-state index in [0.29, 0.717) is 5.58 Å². The van der Waals surface area contributed by atoms with E-state index >= 15 is 0 Å². The summed E-state index contributed by atoms with van der Waals surface area (Å²) in [4.78, 5) is 11.3. The van der Waals surface area contributed by atoms with Crippen molar-refractivity contribution in [3.8, 4) is 12.3 Å². The number of rotatable bonds is 2. The molecule has 0 aliphatic rings. The Hall–Kier alpha value is -2.21. The molecule has 1 N–H and O–H groups in total. The van der Waals surface area contributed by atoms with E-state index in [1.807, 2.05) is 32.9 Å². The number of terminal acetylenes is 1. The predicted molar refractivity (Wildman–Crippen MR) is 73.8 cm³/mol. The highest BCUT2D eigenvalue weighted by atomic mass is 16.4. The molecule has 0 aliphatic heterocycles. The van der Waals surface area contributed by atoms with Gasteiger partial charge in [-0.3, -0.25) is 0 Å². The van der Waals surface area contributed by atoms with E-state index in [9.17, 15) is 4.79 Å². The molecule has 0 amide bonds. The van der Waals surface area contributed by atoms with Gasteiger partial charge in [-0.2, -0.15) is 0 Å². The number of hydrogen-bond donors (Lipinski definition) is 1. The average Bonchev–Trinajstić information content (AvgIpc) is 2.27. The monoisotopic (exact) mass is 241 g/mol. The Balaban J connectivity index is 2.52. The first-order valence-corrected chi connectivity index (χ1v) is 5.72. The van der Waals surface area contributed by atoms with Crippen molar-refractivity contribution in [3.63, 3.8) is 0 Å². The smallest absolute Gasteiger partial charge is 0.336 e. The van der Waals surface area contributed by atoms with Gasteiger partial charge in [0.2, 0.25) is 0 Å². The number of fused-ring (bicyclic) bond motifs is 1. The third kappa shape index (κ3) is 2.38. The lowest BCUT2D eigenvalue weighted by Crippen LogP contribution is -2.28. The second kappa shape index (κ2) is 4.23. The van der Waals surface area contributed by atoms with Gasteiger partial charge in [-0.05, 0) is 38.5 Å². The van der Waals surface area contributed by atoms with Crippen LogP contribution in [0.15, 0.2) is 33.5 Å². The van der Waals surface area contributed by atoms with Gasteiger partial charge in [0.15, 0.2) is 0 Å². The second-order valence-corrected chi connectivity index (χ2v) is 4.85. The lowest BCUT2D eigenvalue weighted by Gasteiger charge is -2.21. The number of hydrogen-bond acceptors (Lipinski definition) is 3. The topological polar surface area (TPSA) is 42.2 Å². The summed E-state index contributed by atoms with van der Waals surface area (Å²) >= 11 is 0. The number of nitrogens with one attached hydrogen (secondary N) is 1. The number of aryl methyl sites for hydroxylation is 1. The SMILES string of the molecule is C#CC(C)(C)Nc1ccc2c(C)cc(=O)oc2c1. The summed E-state index contributed by atoms with van der Waals surface area (Å²) < 4.78 is 5.18. The molecule has 0 fully saturated rings. The minimum Gasteiger partial charge on any atom is -0.423 e. The van der Waals surface area contributed by atoms with Crippen molar-refractivity contribution in [2.75, 3.05) is 5.32 Å². The Bertz CT molecular complexity index is 690. The molecule has 0 saturated carbocycles. The normalized spacial score (nSPS) is 11.2. The van der Waals surface area contributed by atoms with Crippen molar-refractivity contribution in [1.82, 2.24) is 0 Å². The predicted octanol–water partition coefficient (Wildman–Crippen LogP) is 2.93. The standard InChI is InChI=1S/C15H15NO2/c1-5-15(3,4)16-11-6-7-12-10(2)8-14(17)18-13(12)9-11/h1,6-9,16H,2-4H3. The van der Waals surface area contributed by atoms with Crippen LogP contribution in [0.5, 0.6) is 0 Å². The third-order valence-electron chi connectivity index (χ3n) is 2.77. The van der Waals surface area contributed by atoms with Crippen molar-refractivity contribution in [3.05, 3.63) is 40.2 Å². The van der Waals surface area contributed by atoms with Gasteiger partial charge in [0.1, 0.15) is 5.58 Å². The van der Waals surface area contributed by atoms with Gasteiger partial charge in [0, 0.05) is 23.2 Å². The maximum atomic E-state index is 11.3. The zero-order valence-corrected chi connectivity index (χ0v) is 10.7. The van der Waals surface area contributed by atoms with E-state index in [1.54, 1.807) is 6.07 Å². The number of anilines is 1. The van der Waals surface area contributed by atoms with Crippen molar-refractivity contribution in [2.24, 2.45) is 0 Å². The summed E-state index contributed by atoms with van der Waals surface area (Å²) in [6.07, 6.45) is 5.43. The summed E-state index contributed by atoms with van der Waals surface area (Å²) in [7, 11) is 0. The van der Waals surface area contributed by atoms with Crippen LogP contribution in [-0.2, 0) is 0 Å². The Morgan fingerprint density at radius 2 is 2.06 bits per heavy atom. The highest BCUT2D eigenvalue weighted by Crippen LogP contribution is 2.22. The van der Waals surface area contributed by atoms with E-state index in [4.69, 9.17) is 10.8 Å². The van der Waals surface area contributed by atoms with Crippen LogP contribution in [0.4, 0.5) is 5.69 Å². The third-order valence-corrected chi connectivity index (χ3v) is 2.77. The van der Waals surface area contributed by atoms with Crippen LogP contribution in [0.25, 0.3) is 11.0 Å². The molecule has 1 aromatic heterocycles.